The Balaban J connectivity index is 1.17. The molecule has 2 aromatic rings. The van der Waals surface area contributed by atoms with E-state index in [4.69, 9.17) is 4.74 Å². The third-order valence-electron chi connectivity index (χ3n) is 6.40. The minimum absolute atomic E-state index is 0.465. The van der Waals surface area contributed by atoms with Crippen LogP contribution in [0.15, 0.2) is 53.4 Å². The lowest BCUT2D eigenvalue weighted by Crippen LogP contribution is -2.43. The third-order valence-corrected chi connectivity index (χ3v) is 7.51. The molecule has 27 heavy (non-hydrogen) atoms. The molecule has 0 amide bonds. The lowest BCUT2D eigenvalue weighted by Gasteiger charge is -2.35. The maximum Gasteiger partial charge on any atom is 0.118 e. The van der Waals surface area contributed by atoms with E-state index in [0.29, 0.717) is 5.41 Å². The smallest absolute Gasteiger partial charge is 0.118 e. The number of nitrogens with one attached hydrogen (secondary N) is 1. The second-order valence-corrected chi connectivity index (χ2v) is 9.09. The van der Waals surface area contributed by atoms with Gasteiger partial charge in [-0.25, -0.2) is 4.31 Å². The van der Waals surface area contributed by atoms with Crippen LogP contribution in [0.5, 0.6) is 5.75 Å². The third kappa shape index (κ3) is 3.33. The molecular weight excluding hydrogens is 354 g/mol. The number of hydrogen-bond acceptors (Lipinski definition) is 5. The molecule has 1 saturated carbocycles. The quantitative estimate of drug-likeness (QED) is 0.802. The van der Waals surface area contributed by atoms with Gasteiger partial charge in [-0.15, -0.1) is 0 Å². The van der Waals surface area contributed by atoms with Crippen LogP contribution in [0.3, 0.4) is 0 Å². The Morgan fingerprint density at radius 1 is 1.00 bits per heavy atom. The van der Waals surface area contributed by atoms with E-state index < -0.39 is 0 Å². The number of rotatable bonds is 5. The highest BCUT2D eigenvalue weighted by atomic mass is 32.2. The summed E-state index contributed by atoms with van der Waals surface area (Å²) < 4.78 is 7.70. The summed E-state index contributed by atoms with van der Waals surface area (Å²) in [5, 5.41) is 3.54. The average molecular weight is 382 g/mol. The zero-order valence-electron chi connectivity index (χ0n) is 15.9. The Bertz CT molecular complexity index is 786. The number of ether oxygens (including phenoxy) is 1. The van der Waals surface area contributed by atoms with Gasteiger partial charge in [0, 0.05) is 48.7 Å². The van der Waals surface area contributed by atoms with Crippen LogP contribution < -0.4 is 15.0 Å². The normalized spacial score (nSPS) is 27.4. The first kappa shape index (κ1) is 17.4. The van der Waals surface area contributed by atoms with Gasteiger partial charge in [0.05, 0.1) is 7.11 Å². The number of nitrogens with zero attached hydrogens (tertiary/aromatic N) is 2. The van der Waals surface area contributed by atoms with Gasteiger partial charge in [0.15, 0.2) is 0 Å². The summed E-state index contributed by atoms with van der Waals surface area (Å²) in [5.41, 5.74) is 3.37. The molecule has 5 rings (SSSR count). The zero-order valence-corrected chi connectivity index (χ0v) is 16.7. The minimum Gasteiger partial charge on any atom is -0.497 e. The van der Waals surface area contributed by atoms with E-state index in [1.54, 1.807) is 7.11 Å². The molecule has 2 saturated heterocycles. The van der Waals surface area contributed by atoms with Crippen molar-refractivity contribution in [1.29, 1.82) is 0 Å². The topological polar surface area (TPSA) is 27.7 Å². The predicted molar refractivity (Wildman–Crippen MR) is 112 cm³/mol. The van der Waals surface area contributed by atoms with E-state index in [0.717, 1.165) is 44.4 Å². The second kappa shape index (κ2) is 7.04. The van der Waals surface area contributed by atoms with Crippen LogP contribution in [0.4, 0.5) is 5.69 Å². The molecule has 0 spiro atoms. The molecule has 2 atom stereocenters. The van der Waals surface area contributed by atoms with E-state index in [2.05, 4.69) is 50.9 Å². The minimum atomic E-state index is 0.465. The van der Waals surface area contributed by atoms with Gasteiger partial charge in [-0.1, -0.05) is 12.1 Å². The molecule has 0 aromatic heterocycles. The first-order chi connectivity index (χ1) is 13.3. The number of piperidine rings is 1. The van der Waals surface area contributed by atoms with Crippen LogP contribution >= 0.6 is 11.9 Å². The lowest BCUT2D eigenvalue weighted by atomic mass is 9.95. The van der Waals surface area contributed by atoms with Crippen LogP contribution in [-0.2, 0) is 5.41 Å². The average Bonchev–Trinajstić information content (AvgIpc) is 3.30. The molecule has 4 nitrogen and oxygen atoms in total. The highest BCUT2D eigenvalue weighted by Gasteiger charge is 2.57. The Morgan fingerprint density at radius 3 is 2.33 bits per heavy atom. The van der Waals surface area contributed by atoms with Crippen molar-refractivity contribution >= 4 is 17.6 Å². The summed E-state index contributed by atoms with van der Waals surface area (Å²) in [7, 11) is 1.71. The van der Waals surface area contributed by atoms with Crippen LogP contribution in [0.2, 0.25) is 0 Å². The fraction of sp³-hybridized carbons (Fsp3) is 0.455. The molecule has 3 fully saturated rings. The summed E-state index contributed by atoms with van der Waals surface area (Å²) in [6.07, 6.45) is 1.38. The van der Waals surface area contributed by atoms with Crippen molar-refractivity contribution in [3.8, 4) is 5.75 Å². The molecule has 2 aliphatic heterocycles. The number of piperazine rings is 1. The fourth-order valence-corrected chi connectivity index (χ4v) is 5.52. The highest BCUT2D eigenvalue weighted by molar-refractivity contribution is 7.97. The highest BCUT2D eigenvalue weighted by Crippen LogP contribution is 2.56. The van der Waals surface area contributed by atoms with Gasteiger partial charge < -0.3 is 15.0 Å². The molecule has 2 aromatic carbocycles. The maximum atomic E-state index is 5.24. The molecular formula is C22H27N3OS. The Labute approximate surface area is 166 Å². The summed E-state index contributed by atoms with van der Waals surface area (Å²) in [5.74, 6) is 1.79. The summed E-state index contributed by atoms with van der Waals surface area (Å²) >= 11 is 1.85. The van der Waals surface area contributed by atoms with Crippen molar-refractivity contribution in [2.45, 2.75) is 16.7 Å². The summed E-state index contributed by atoms with van der Waals surface area (Å²) in [4.78, 5) is 3.79. The molecule has 142 valence electrons. The summed E-state index contributed by atoms with van der Waals surface area (Å²) in [6.45, 7) is 6.69. The fourth-order valence-electron chi connectivity index (χ4n) is 4.62. The van der Waals surface area contributed by atoms with Gasteiger partial charge in [0.25, 0.3) is 0 Å². The number of hydrogen-bond donors (Lipinski definition) is 1. The molecule has 2 heterocycles. The van der Waals surface area contributed by atoms with Crippen molar-refractivity contribution in [2.75, 3.05) is 51.3 Å². The van der Waals surface area contributed by atoms with E-state index in [1.165, 1.54) is 29.1 Å². The van der Waals surface area contributed by atoms with Gasteiger partial charge >= 0.3 is 0 Å². The Morgan fingerprint density at radius 2 is 1.74 bits per heavy atom. The van der Waals surface area contributed by atoms with E-state index in [9.17, 15) is 0 Å². The first-order valence-electron chi connectivity index (χ1n) is 9.90. The molecule has 3 aliphatic rings. The van der Waals surface area contributed by atoms with Crippen molar-refractivity contribution in [1.82, 2.24) is 9.62 Å². The first-order valence-corrected chi connectivity index (χ1v) is 10.7. The lowest BCUT2D eigenvalue weighted by molar-refractivity contribution is 0.414. The van der Waals surface area contributed by atoms with Gasteiger partial charge in [0.1, 0.15) is 5.75 Å². The number of methoxy groups -OCH3 is 1. The van der Waals surface area contributed by atoms with Gasteiger partial charge in [-0.2, -0.15) is 0 Å². The monoisotopic (exact) mass is 381 g/mol. The molecule has 0 bridgehead atoms. The number of anilines is 1. The molecule has 5 heteroatoms. The molecule has 0 radical (unpaired) electrons. The van der Waals surface area contributed by atoms with Crippen LogP contribution in [0.1, 0.15) is 12.0 Å². The molecule has 1 N–H and O–H groups in total. The Kier molecular flexibility index (Phi) is 4.54. The standard InChI is InChI=1S/C22H27N3OS/c1-26-20-6-8-21(9-7-20)27-25-12-10-24(11-13-25)19-4-2-17(3-5-19)22-14-18(22)15-23-16-22/h2-9,18,23H,10-16H2,1H3. The maximum absolute atomic E-state index is 5.24. The van der Waals surface area contributed by atoms with E-state index in [-0.39, 0.29) is 0 Å². The number of fused-ring (bicyclic) bond motifs is 1. The van der Waals surface area contributed by atoms with E-state index >= 15 is 0 Å². The second-order valence-electron chi connectivity index (χ2n) is 7.92. The van der Waals surface area contributed by atoms with Crippen molar-refractivity contribution in [2.24, 2.45) is 5.92 Å². The Hall–Kier alpha value is -1.69. The van der Waals surface area contributed by atoms with Crippen LogP contribution in [-0.4, -0.2) is 50.7 Å². The van der Waals surface area contributed by atoms with E-state index in [1.807, 2.05) is 24.1 Å². The van der Waals surface area contributed by atoms with Crippen molar-refractivity contribution < 1.29 is 4.74 Å². The summed E-state index contributed by atoms with van der Waals surface area (Å²) in [6, 6.07) is 17.8. The van der Waals surface area contributed by atoms with Gasteiger partial charge in [-0.3, -0.25) is 0 Å². The van der Waals surface area contributed by atoms with Gasteiger partial charge in [-0.05, 0) is 72.8 Å². The molecule has 1 aliphatic carbocycles. The largest absolute Gasteiger partial charge is 0.497 e. The van der Waals surface area contributed by atoms with Crippen molar-refractivity contribution in [3.63, 3.8) is 0 Å². The van der Waals surface area contributed by atoms with Crippen molar-refractivity contribution in [3.05, 3.63) is 54.1 Å². The number of benzene rings is 2. The van der Waals surface area contributed by atoms with Crippen LogP contribution in [0, 0.1) is 5.92 Å². The van der Waals surface area contributed by atoms with Crippen LogP contribution in [0.25, 0.3) is 0 Å². The zero-order chi connectivity index (χ0) is 18.3. The molecule has 2 unspecified atom stereocenters. The predicted octanol–water partition coefficient (Wildman–Crippen LogP) is 3.39. The SMILES string of the molecule is COc1ccc(SN2CCN(c3ccc(C45CNCC4C5)cc3)CC2)cc1. The van der Waals surface area contributed by atoms with Gasteiger partial charge in [0.2, 0.25) is 0 Å².